The monoisotopic (exact) mass is 384 g/mol. The number of halogens is 1. The van der Waals surface area contributed by atoms with Crippen LogP contribution in [0.2, 0.25) is 0 Å². The summed E-state index contributed by atoms with van der Waals surface area (Å²) in [5.74, 6) is 0.615. The molecule has 0 spiro atoms. The first kappa shape index (κ1) is 20.1. The van der Waals surface area contributed by atoms with Crippen molar-refractivity contribution in [2.45, 2.75) is 25.5 Å². The van der Waals surface area contributed by atoms with Gasteiger partial charge in [-0.2, -0.15) is 0 Å². The second-order valence-electron chi connectivity index (χ2n) is 6.92. The Morgan fingerprint density at radius 2 is 1.93 bits per heavy atom. The largest absolute Gasteiger partial charge is 0.375 e. The van der Waals surface area contributed by atoms with Crippen LogP contribution >= 0.6 is 0 Å². The third kappa shape index (κ3) is 6.23. The molecule has 2 N–H and O–H groups in total. The van der Waals surface area contributed by atoms with E-state index in [9.17, 15) is 4.39 Å². The predicted molar refractivity (Wildman–Crippen MR) is 112 cm³/mol. The van der Waals surface area contributed by atoms with E-state index in [1.54, 1.807) is 19.2 Å². The number of guanidine groups is 1. The fourth-order valence-electron chi connectivity index (χ4n) is 3.35. The smallest absolute Gasteiger partial charge is 0.191 e. The summed E-state index contributed by atoms with van der Waals surface area (Å²) in [4.78, 5) is 6.53. The summed E-state index contributed by atoms with van der Waals surface area (Å²) >= 11 is 0. The van der Waals surface area contributed by atoms with Gasteiger partial charge >= 0.3 is 0 Å². The summed E-state index contributed by atoms with van der Waals surface area (Å²) in [6.07, 6.45) is 1.98. The number of benzene rings is 2. The van der Waals surface area contributed by atoms with Crippen molar-refractivity contribution in [1.29, 1.82) is 0 Å². The molecule has 0 saturated carbocycles. The fraction of sp³-hybridized carbons (Fsp3) is 0.409. The van der Waals surface area contributed by atoms with Gasteiger partial charge in [-0.25, -0.2) is 4.39 Å². The molecule has 2 aromatic rings. The lowest BCUT2D eigenvalue weighted by molar-refractivity contribution is 0.125. The average molecular weight is 384 g/mol. The van der Waals surface area contributed by atoms with Crippen molar-refractivity contribution in [3.8, 4) is 0 Å². The number of rotatable bonds is 7. The van der Waals surface area contributed by atoms with Gasteiger partial charge < -0.3 is 20.3 Å². The Morgan fingerprint density at radius 3 is 2.64 bits per heavy atom. The van der Waals surface area contributed by atoms with Crippen molar-refractivity contribution in [2.24, 2.45) is 4.99 Å². The summed E-state index contributed by atoms with van der Waals surface area (Å²) in [5, 5.41) is 6.78. The minimum atomic E-state index is -0.183. The first-order valence-electron chi connectivity index (χ1n) is 9.84. The Kier molecular flexibility index (Phi) is 7.67. The van der Waals surface area contributed by atoms with Gasteiger partial charge in [0.25, 0.3) is 0 Å². The van der Waals surface area contributed by atoms with Gasteiger partial charge in [0.2, 0.25) is 0 Å². The number of hydrogen-bond acceptors (Lipinski definition) is 3. The van der Waals surface area contributed by atoms with Crippen LogP contribution in [-0.4, -0.2) is 45.3 Å². The molecule has 0 bridgehead atoms. The highest BCUT2D eigenvalue weighted by Gasteiger charge is 2.20. The summed E-state index contributed by atoms with van der Waals surface area (Å²) < 4.78 is 19.1. The van der Waals surface area contributed by atoms with Crippen LogP contribution in [0.4, 0.5) is 10.1 Å². The van der Waals surface area contributed by atoms with E-state index in [4.69, 9.17) is 4.74 Å². The van der Waals surface area contributed by atoms with Crippen molar-refractivity contribution < 1.29 is 9.13 Å². The fourth-order valence-corrected chi connectivity index (χ4v) is 3.35. The Hall–Kier alpha value is -2.60. The summed E-state index contributed by atoms with van der Waals surface area (Å²) in [7, 11) is 1.78. The predicted octanol–water partition coefficient (Wildman–Crippen LogP) is 3.18. The van der Waals surface area contributed by atoms with Crippen molar-refractivity contribution in [3.63, 3.8) is 0 Å². The molecule has 0 atom stereocenters. The molecule has 28 heavy (non-hydrogen) atoms. The SMILES string of the molecule is CN=C(NCCOCc1ccccc1)NC1CCN(c2cccc(F)c2)CC1. The first-order valence-corrected chi connectivity index (χ1v) is 9.84. The van der Waals surface area contributed by atoms with Gasteiger partial charge in [-0.3, -0.25) is 4.99 Å². The molecule has 0 amide bonds. The summed E-state index contributed by atoms with van der Waals surface area (Å²) in [6, 6.07) is 17.3. The maximum atomic E-state index is 13.4. The Bertz CT molecular complexity index is 745. The van der Waals surface area contributed by atoms with Crippen molar-refractivity contribution in [1.82, 2.24) is 10.6 Å². The van der Waals surface area contributed by atoms with E-state index in [0.717, 1.165) is 37.6 Å². The zero-order chi connectivity index (χ0) is 19.6. The molecule has 0 radical (unpaired) electrons. The number of nitrogens with zero attached hydrogens (tertiary/aromatic N) is 2. The summed E-state index contributed by atoms with van der Waals surface area (Å²) in [5.41, 5.74) is 2.13. The lowest BCUT2D eigenvalue weighted by Crippen LogP contribution is -2.49. The van der Waals surface area contributed by atoms with E-state index in [2.05, 4.69) is 32.7 Å². The first-order chi connectivity index (χ1) is 13.7. The van der Waals surface area contributed by atoms with Crippen molar-refractivity contribution in [3.05, 3.63) is 66.0 Å². The van der Waals surface area contributed by atoms with Crippen LogP contribution < -0.4 is 15.5 Å². The molecule has 5 nitrogen and oxygen atoms in total. The molecule has 1 aliphatic heterocycles. The molecule has 1 aliphatic rings. The Labute approximate surface area is 166 Å². The highest BCUT2D eigenvalue weighted by molar-refractivity contribution is 5.80. The van der Waals surface area contributed by atoms with Crippen LogP contribution in [0.1, 0.15) is 18.4 Å². The lowest BCUT2D eigenvalue weighted by Gasteiger charge is -2.34. The summed E-state index contributed by atoms with van der Waals surface area (Å²) in [6.45, 7) is 3.74. The molecule has 0 aliphatic carbocycles. The van der Waals surface area contributed by atoms with Gasteiger partial charge in [0, 0.05) is 38.4 Å². The molecule has 1 heterocycles. The van der Waals surface area contributed by atoms with Crippen LogP contribution in [0.25, 0.3) is 0 Å². The van der Waals surface area contributed by atoms with Crippen molar-refractivity contribution in [2.75, 3.05) is 38.2 Å². The number of piperidine rings is 1. The molecular weight excluding hydrogens is 355 g/mol. The van der Waals surface area contributed by atoms with Crippen molar-refractivity contribution >= 4 is 11.6 Å². The number of ether oxygens (including phenoxy) is 1. The highest BCUT2D eigenvalue weighted by atomic mass is 19.1. The van der Waals surface area contributed by atoms with Gasteiger partial charge in [-0.1, -0.05) is 36.4 Å². The standard InChI is InChI=1S/C22H29FN4O/c1-24-22(25-12-15-28-17-18-6-3-2-4-7-18)26-20-10-13-27(14-11-20)21-9-5-8-19(23)16-21/h2-9,16,20H,10-15,17H2,1H3,(H2,24,25,26). The molecule has 0 aromatic heterocycles. The number of nitrogens with one attached hydrogen (secondary N) is 2. The zero-order valence-electron chi connectivity index (χ0n) is 16.4. The topological polar surface area (TPSA) is 48.9 Å². The van der Waals surface area contributed by atoms with Crippen LogP contribution in [-0.2, 0) is 11.3 Å². The van der Waals surface area contributed by atoms with E-state index in [1.807, 2.05) is 24.3 Å². The van der Waals surface area contributed by atoms with E-state index in [1.165, 1.54) is 11.6 Å². The zero-order valence-corrected chi connectivity index (χ0v) is 16.4. The van der Waals surface area contributed by atoms with Crippen LogP contribution in [0.5, 0.6) is 0 Å². The van der Waals surface area contributed by atoms with Crippen LogP contribution in [0.15, 0.2) is 59.6 Å². The van der Waals surface area contributed by atoms with Crippen LogP contribution in [0, 0.1) is 5.82 Å². The second kappa shape index (κ2) is 10.7. The van der Waals surface area contributed by atoms with Gasteiger partial charge in [0.15, 0.2) is 5.96 Å². The quantitative estimate of drug-likeness (QED) is 0.437. The molecular formula is C22H29FN4O. The van der Waals surface area contributed by atoms with Crippen LogP contribution in [0.3, 0.4) is 0 Å². The number of aliphatic imine (C=N–C) groups is 1. The highest BCUT2D eigenvalue weighted by Crippen LogP contribution is 2.20. The third-order valence-electron chi connectivity index (χ3n) is 4.88. The van der Waals surface area contributed by atoms with E-state index >= 15 is 0 Å². The molecule has 1 saturated heterocycles. The Balaban J connectivity index is 1.34. The van der Waals surface area contributed by atoms with E-state index < -0.39 is 0 Å². The number of hydrogen-bond donors (Lipinski definition) is 2. The molecule has 6 heteroatoms. The number of anilines is 1. The second-order valence-corrected chi connectivity index (χ2v) is 6.92. The normalized spacial score (nSPS) is 15.5. The maximum absolute atomic E-state index is 13.4. The minimum absolute atomic E-state index is 0.183. The lowest BCUT2D eigenvalue weighted by atomic mass is 10.0. The third-order valence-corrected chi connectivity index (χ3v) is 4.88. The van der Waals surface area contributed by atoms with E-state index in [-0.39, 0.29) is 5.82 Å². The maximum Gasteiger partial charge on any atom is 0.191 e. The molecule has 1 fully saturated rings. The molecule has 3 rings (SSSR count). The molecule has 150 valence electrons. The van der Waals surface area contributed by atoms with Gasteiger partial charge in [-0.15, -0.1) is 0 Å². The van der Waals surface area contributed by atoms with E-state index in [0.29, 0.717) is 25.8 Å². The Morgan fingerprint density at radius 1 is 1.14 bits per heavy atom. The van der Waals surface area contributed by atoms with Gasteiger partial charge in [0.1, 0.15) is 5.82 Å². The molecule has 0 unspecified atom stereocenters. The molecule has 2 aromatic carbocycles. The van der Waals surface area contributed by atoms with Gasteiger partial charge in [0.05, 0.1) is 13.2 Å². The van der Waals surface area contributed by atoms with Gasteiger partial charge in [-0.05, 0) is 36.6 Å². The average Bonchev–Trinajstić information content (AvgIpc) is 2.74. The minimum Gasteiger partial charge on any atom is -0.375 e.